The highest BCUT2D eigenvalue weighted by molar-refractivity contribution is 5.78. The molecule has 0 bridgehead atoms. The molecule has 0 heterocycles. The van der Waals surface area contributed by atoms with E-state index in [0.717, 1.165) is 24.7 Å². The van der Waals surface area contributed by atoms with Crippen LogP contribution < -0.4 is 11.1 Å². The number of nitrogens with one attached hydrogen (secondary N) is 1. The van der Waals surface area contributed by atoms with E-state index in [-0.39, 0.29) is 17.9 Å². The molecule has 0 saturated heterocycles. The van der Waals surface area contributed by atoms with E-state index in [9.17, 15) is 9.90 Å². The molecule has 110 valence electrons. The maximum absolute atomic E-state index is 12.2. The number of hydrogen-bond acceptors (Lipinski definition) is 3. The van der Waals surface area contributed by atoms with Crippen molar-refractivity contribution >= 4 is 5.91 Å². The first kappa shape index (κ1) is 14.8. The Hall–Kier alpha value is -0.610. The van der Waals surface area contributed by atoms with Gasteiger partial charge in [0.25, 0.3) is 0 Å². The van der Waals surface area contributed by atoms with Gasteiger partial charge in [0.15, 0.2) is 0 Å². The summed E-state index contributed by atoms with van der Waals surface area (Å²) in [4.78, 5) is 12.2. The molecule has 4 N–H and O–H groups in total. The number of fused-ring (bicyclic) bond motifs is 1. The predicted molar refractivity (Wildman–Crippen MR) is 75.5 cm³/mol. The molecule has 2 aliphatic carbocycles. The van der Waals surface area contributed by atoms with Crippen LogP contribution in [0, 0.1) is 17.8 Å². The first-order chi connectivity index (χ1) is 9.08. The Morgan fingerprint density at radius 2 is 1.95 bits per heavy atom. The van der Waals surface area contributed by atoms with Gasteiger partial charge in [0.2, 0.25) is 5.91 Å². The number of nitrogens with two attached hydrogens (primary N) is 1. The van der Waals surface area contributed by atoms with Gasteiger partial charge in [0.05, 0.1) is 6.10 Å². The van der Waals surface area contributed by atoms with Gasteiger partial charge in [-0.3, -0.25) is 4.79 Å². The van der Waals surface area contributed by atoms with Crippen molar-refractivity contribution in [1.82, 2.24) is 5.32 Å². The number of rotatable bonds is 4. The van der Waals surface area contributed by atoms with Gasteiger partial charge in [-0.05, 0) is 38.0 Å². The number of hydrogen-bond donors (Lipinski definition) is 3. The van der Waals surface area contributed by atoms with Gasteiger partial charge >= 0.3 is 0 Å². The van der Waals surface area contributed by atoms with Crippen molar-refractivity contribution in [3.8, 4) is 0 Å². The summed E-state index contributed by atoms with van der Waals surface area (Å²) in [5.41, 5.74) is 5.74. The average molecular weight is 268 g/mol. The van der Waals surface area contributed by atoms with Crippen molar-refractivity contribution < 1.29 is 9.90 Å². The fourth-order valence-electron chi connectivity index (χ4n) is 3.64. The Bertz CT molecular complexity index is 307. The van der Waals surface area contributed by atoms with Crippen LogP contribution in [-0.2, 0) is 4.79 Å². The van der Waals surface area contributed by atoms with E-state index in [4.69, 9.17) is 5.73 Å². The second-order valence-corrected chi connectivity index (χ2v) is 6.46. The summed E-state index contributed by atoms with van der Waals surface area (Å²) in [6, 6.07) is -0.366. The number of amides is 1. The van der Waals surface area contributed by atoms with Crippen LogP contribution in [0.5, 0.6) is 0 Å². The van der Waals surface area contributed by atoms with Gasteiger partial charge in [0, 0.05) is 18.5 Å². The summed E-state index contributed by atoms with van der Waals surface area (Å²) in [5, 5.41) is 12.2. The molecule has 0 aromatic rings. The summed E-state index contributed by atoms with van der Waals surface area (Å²) >= 11 is 0. The third kappa shape index (κ3) is 3.93. The van der Waals surface area contributed by atoms with Crippen LogP contribution in [0.3, 0.4) is 0 Å². The lowest BCUT2D eigenvalue weighted by Gasteiger charge is -2.38. The Labute approximate surface area is 116 Å². The summed E-state index contributed by atoms with van der Waals surface area (Å²) < 4.78 is 0. The third-order valence-electron chi connectivity index (χ3n) is 5.04. The largest absolute Gasteiger partial charge is 0.392 e. The van der Waals surface area contributed by atoms with Crippen LogP contribution in [0.2, 0.25) is 0 Å². The smallest absolute Gasteiger partial charge is 0.223 e. The first-order valence-corrected chi connectivity index (χ1v) is 7.79. The molecule has 0 aromatic heterocycles. The maximum Gasteiger partial charge on any atom is 0.223 e. The molecule has 0 spiro atoms. The number of carbonyl (C=O) groups excluding carboxylic acids is 1. The number of aliphatic hydroxyl groups is 1. The third-order valence-corrected chi connectivity index (χ3v) is 5.04. The summed E-state index contributed by atoms with van der Waals surface area (Å²) in [7, 11) is 0. The molecule has 2 saturated carbocycles. The van der Waals surface area contributed by atoms with Gasteiger partial charge in [-0.25, -0.2) is 0 Å². The van der Waals surface area contributed by atoms with Crippen molar-refractivity contribution in [1.29, 1.82) is 0 Å². The molecule has 4 nitrogen and oxygen atoms in total. The molecule has 2 aliphatic rings. The van der Waals surface area contributed by atoms with E-state index in [1.807, 2.05) is 0 Å². The quantitative estimate of drug-likeness (QED) is 0.722. The Kier molecular flexibility index (Phi) is 5.22. The summed E-state index contributed by atoms with van der Waals surface area (Å²) in [6.07, 6.45) is 8.11. The van der Waals surface area contributed by atoms with Gasteiger partial charge < -0.3 is 16.2 Å². The summed E-state index contributed by atoms with van der Waals surface area (Å²) in [5.74, 6) is 1.95. The molecule has 4 heteroatoms. The van der Waals surface area contributed by atoms with E-state index < -0.39 is 6.10 Å². The molecular weight excluding hydrogens is 240 g/mol. The van der Waals surface area contributed by atoms with Crippen LogP contribution in [0.15, 0.2) is 0 Å². The van der Waals surface area contributed by atoms with Crippen LogP contribution >= 0.6 is 0 Å². The highest BCUT2D eigenvalue weighted by Gasteiger charge is 2.34. The normalized spacial score (nSPS) is 34.2. The van der Waals surface area contributed by atoms with Crippen LogP contribution in [0.1, 0.15) is 51.9 Å². The Morgan fingerprint density at radius 3 is 2.63 bits per heavy atom. The average Bonchev–Trinajstić information content (AvgIpc) is 2.43. The zero-order valence-corrected chi connectivity index (χ0v) is 12.0. The minimum Gasteiger partial charge on any atom is -0.392 e. The maximum atomic E-state index is 12.2. The Balaban J connectivity index is 1.77. The zero-order valence-electron chi connectivity index (χ0n) is 12.0. The number of carbonyl (C=O) groups is 1. The summed E-state index contributed by atoms with van der Waals surface area (Å²) in [6.45, 7) is 2.03. The SMILES string of the molecule is CC(O)C(N)CNC(=O)C1CCC2CCCCC2C1. The minimum atomic E-state index is -0.575. The highest BCUT2D eigenvalue weighted by Crippen LogP contribution is 2.42. The molecule has 5 atom stereocenters. The van der Waals surface area contributed by atoms with Crippen molar-refractivity contribution in [2.24, 2.45) is 23.5 Å². The highest BCUT2D eigenvalue weighted by atomic mass is 16.3. The second kappa shape index (κ2) is 6.71. The van der Waals surface area contributed by atoms with E-state index in [1.54, 1.807) is 6.92 Å². The molecule has 2 fully saturated rings. The van der Waals surface area contributed by atoms with Gasteiger partial charge in [-0.15, -0.1) is 0 Å². The van der Waals surface area contributed by atoms with Crippen molar-refractivity contribution in [3.63, 3.8) is 0 Å². The van der Waals surface area contributed by atoms with Crippen molar-refractivity contribution in [2.45, 2.75) is 64.0 Å². The van der Waals surface area contributed by atoms with Gasteiger partial charge in [-0.1, -0.05) is 25.7 Å². The van der Waals surface area contributed by atoms with Crippen molar-refractivity contribution in [2.75, 3.05) is 6.54 Å². The Morgan fingerprint density at radius 1 is 1.26 bits per heavy atom. The molecule has 2 rings (SSSR count). The zero-order chi connectivity index (χ0) is 13.8. The fourth-order valence-corrected chi connectivity index (χ4v) is 3.64. The molecule has 0 aromatic carbocycles. The van der Waals surface area contributed by atoms with Gasteiger partial charge in [0.1, 0.15) is 0 Å². The van der Waals surface area contributed by atoms with E-state index in [1.165, 1.54) is 32.1 Å². The minimum absolute atomic E-state index is 0.139. The molecule has 19 heavy (non-hydrogen) atoms. The van der Waals surface area contributed by atoms with Crippen LogP contribution in [-0.4, -0.2) is 29.7 Å². The molecule has 1 amide bonds. The van der Waals surface area contributed by atoms with Crippen LogP contribution in [0.25, 0.3) is 0 Å². The van der Waals surface area contributed by atoms with Crippen molar-refractivity contribution in [3.05, 3.63) is 0 Å². The molecule has 5 unspecified atom stereocenters. The lowest BCUT2D eigenvalue weighted by molar-refractivity contribution is -0.127. The standard InChI is InChI=1S/C15H28N2O2/c1-10(18)14(16)9-17-15(19)13-7-6-11-4-2-3-5-12(11)8-13/h10-14,18H,2-9,16H2,1H3,(H,17,19). The molecular formula is C15H28N2O2. The lowest BCUT2D eigenvalue weighted by atomic mass is 9.67. The second-order valence-electron chi connectivity index (χ2n) is 6.46. The first-order valence-electron chi connectivity index (χ1n) is 7.79. The lowest BCUT2D eigenvalue weighted by Crippen LogP contribution is -2.46. The molecule has 0 radical (unpaired) electrons. The van der Waals surface area contributed by atoms with Crippen LogP contribution in [0.4, 0.5) is 0 Å². The van der Waals surface area contributed by atoms with E-state index in [2.05, 4.69) is 5.32 Å². The van der Waals surface area contributed by atoms with Gasteiger partial charge in [-0.2, -0.15) is 0 Å². The predicted octanol–water partition coefficient (Wildman–Crippen LogP) is 1.42. The topological polar surface area (TPSA) is 75.3 Å². The molecule has 0 aliphatic heterocycles. The number of aliphatic hydroxyl groups excluding tert-OH is 1. The fraction of sp³-hybridized carbons (Fsp3) is 0.933. The van der Waals surface area contributed by atoms with E-state index >= 15 is 0 Å². The monoisotopic (exact) mass is 268 g/mol. The van der Waals surface area contributed by atoms with E-state index in [0.29, 0.717) is 6.54 Å².